The molecule has 0 N–H and O–H groups in total. The first-order valence-electron chi connectivity index (χ1n) is 18.0. The van der Waals surface area contributed by atoms with Gasteiger partial charge in [0.15, 0.2) is 0 Å². The predicted molar refractivity (Wildman–Crippen MR) is 223 cm³/mol. The number of rotatable bonds is 2. The number of allylic oxidation sites excluding steroid dienone is 1. The van der Waals surface area contributed by atoms with Gasteiger partial charge >= 0.3 is 0 Å². The topological polar surface area (TPSA) is 38.9 Å². The van der Waals surface area contributed by atoms with Crippen LogP contribution in [0.15, 0.2) is 144 Å². The molecule has 4 heteroatoms. The van der Waals surface area contributed by atoms with Crippen molar-refractivity contribution in [3.05, 3.63) is 167 Å². The molecule has 10 aromatic rings. The zero-order valence-corrected chi connectivity index (χ0v) is 29.2. The molecule has 0 atom stereocenters. The van der Waals surface area contributed by atoms with Crippen LogP contribution in [0.5, 0.6) is 0 Å². The van der Waals surface area contributed by atoms with Crippen LogP contribution in [0.1, 0.15) is 27.8 Å². The summed E-state index contributed by atoms with van der Waals surface area (Å²) in [6.45, 7) is 0. The van der Waals surface area contributed by atoms with Gasteiger partial charge in [0.1, 0.15) is 21.5 Å². The standard InChI is InChI=1S/C49H28N2OS/c1-2-9-29(10-3-1)46-47(50-48-38-13-5-7-16-45(38)53-49(48)51-46)32-20-22-35-33-23-30-17-18-31-24-42-37-12-4-6-15-43(37)52-44(42)27-40(31)34(30)21-19-28-11-8-14-36(39(28)26-33)41(35)25-32/h1-25,27H,26H2/b21-19-,33-23-. The van der Waals surface area contributed by atoms with E-state index in [2.05, 4.69) is 146 Å². The van der Waals surface area contributed by atoms with Gasteiger partial charge in [-0.05, 0) is 92.0 Å². The molecular weight excluding hydrogens is 665 g/mol. The van der Waals surface area contributed by atoms with Crippen molar-refractivity contribution in [3.8, 4) is 33.6 Å². The van der Waals surface area contributed by atoms with Gasteiger partial charge in [-0.15, -0.1) is 11.3 Å². The molecule has 3 heterocycles. The molecule has 0 radical (unpaired) electrons. The van der Waals surface area contributed by atoms with Crippen LogP contribution in [0.4, 0.5) is 0 Å². The SMILES string of the molecule is C1=C\c2c(ccc3cc4c(cc23)oc2ccccc24)/C=C2/Cc3c/1cccc3-c1cc(-c3nc4c(nc3-c3ccccc3)sc3ccccc34)ccc12. The highest BCUT2D eigenvalue weighted by Gasteiger charge is 2.25. The van der Waals surface area contributed by atoms with E-state index in [1.54, 1.807) is 11.3 Å². The van der Waals surface area contributed by atoms with Crippen LogP contribution in [-0.2, 0) is 6.42 Å². The number of furan rings is 1. The first-order valence-corrected chi connectivity index (χ1v) is 18.8. The lowest BCUT2D eigenvalue weighted by Gasteiger charge is -2.25. The van der Waals surface area contributed by atoms with Crippen molar-refractivity contribution in [1.82, 2.24) is 9.97 Å². The third-order valence-electron chi connectivity index (χ3n) is 11.1. The van der Waals surface area contributed by atoms with Crippen molar-refractivity contribution < 1.29 is 4.42 Å². The van der Waals surface area contributed by atoms with E-state index >= 15 is 0 Å². The van der Waals surface area contributed by atoms with E-state index in [-0.39, 0.29) is 0 Å². The maximum Gasteiger partial charge on any atom is 0.143 e. The number of thiophene rings is 1. The zero-order valence-electron chi connectivity index (χ0n) is 28.4. The number of para-hydroxylation sites is 1. The Morgan fingerprint density at radius 3 is 2.32 bits per heavy atom. The normalized spacial score (nSPS) is 14.8. The average Bonchev–Trinajstić information content (AvgIpc) is 3.78. The smallest absolute Gasteiger partial charge is 0.143 e. The fraction of sp³-hybridized carbons (Fsp3) is 0.0204. The summed E-state index contributed by atoms with van der Waals surface area (Å²) in [6, 6.07) is 50.0. The van der Waals surface area contributed by atoms with Gasteiger partial charge in [0.25, 0.3) is 0 Å². The van der Waals surface area contributed by atoms with Gasteiger partial charge in [-0.3, -0.25) is 0 Å². The van der Waals surface area contributed by atoms with Gasteiger partial charge in [-0.1, -0.05) is 127 Å². The lowest BCUT2D eigenvalue weighted by Crippen LogP contribution is -2.06. The van der Waals surface area contributed by atoms with Crippen LogP contribution < -0.4 is 0 Å². The van der Waals surface area contributed by atoms with Gasteiger partial charge in [0, 0.05) is 32.0 Å². The summed E-state index contributed by atoms with van der Waals surface area (Å²) in [5, 5.41) is 5.86. The number of aromatic nitrogens is 2. The number of benzene rings is 7. The predicted octanol–water partition coefficient (Wildman–Crippen LogP) is 13.5. The summed E-state index contributed by atoms with van der Waals surface area (Å²) in [6.07, 6.45) is 7.88. The summed E-state index contributed by atoms with van der Waals surface area (Å²) < 4.78 is 7.56. The Bertz CT molecular complexity index is 3250. The molecule has 53 heavy (non-hydrogen) atoms. The maximum absolute atomic E-state index is 6.36. The molecular formula is C49H28N2OS. The summed E-state index contributed by atoms with van der Waals surface area (Å²) in [5.74, 6) is 0. The highest BCUT2D eigenvalue weighted by Crippen LogP contribution is 2.46. The second-order valence-electron chi connectivity index (χ2n) is 14.1. The second-order valence-corrected chi connectivity index (χ2v) is 15.1. The third kappa shape index (κ3) is 4.33. The van der Waals surface area contributed by atoms with Crippen molar-refractivity contribution in [1.29, 1.82) is 0 Å². The van der Waals surface area contributed by atoms with Crippen molar-refractivity contribution >= 4 is 88.3 Å². The molecule has 0 spiro atoms. The quantitative estimate of drug-likeness (QED) is 0.181. The van der Waals surface area contributed by atoms with Gasteiger partial charge in [0.2, 0.25) is 0 Å². The van der Waals surface area contributed by atoms with Crippen LogP contribution in [0.25, 0.3) is 111 Å². The minimum absolute atomic E-state index is 0.865. The Hall–Kier alpha value is -6.62. The first kappa shape index (κ1) is 29.0. The van der Waals surface area contributed by atoms with E-state index < -0.39 is 0 Å². The molecule has 0 unspecified atom stereocenters. The Morgan fingerprint density at radius 2 is 1.38 bits per heavy atom. The molecule has 0 saturated heterocycles. The van der Waals surface area contributed by atoms with Crippen LogP contribution in [0.3, 0.4) is 0 Å². The molecule has 2 aliphatic rings. The van der Waals surface area contributed by atoms with E-state index in [0.29, 0.717) is 0 Å². The lowest BCUT2D eigenvalue weighted by molar-refractivity contribution is 0.669. The van der Waals surface area contributed by atoms with Crippen LogP contribution in [-0.4, -0.2) is 9.97 Å². The zero-order chi connectivity index (χ0) is 34.6. The molecule has 0 amide bonds. The van der Waals surface area contributed by atoms with Crippen molar-refractivity contribution in [2.45, 2.75) is 6.42 Å². The molecule has 3 nitrogen and oxygen atoms in total. The van der Waals surface area contributed by atoms with Crippen molar-refractivity contribution in [3.63, 3.8) is 0 Å². The second kappa shape index (κ2) is 10.9. The van der Waals surface area contributed by atoms with Gasteiger partial charge in [-0.25, -0.2) is 9.97 Å². The minimum Gasteiger partial charge on any atom is -0.456 e. The highest BCUT2D eigenvalue weighted by molar-refractivity contribution is 7.25. The Morgan fingerprint density at radius 1 is 0.528 bits per heavy atom. The van der Waals surface area contributed by atoms with E-state index in [4.69, 9.17) is 14.4 Å². The summed E-state index contributed by atoms with van der Waals surface area (Å²) in [4.78, 5) is 11.7. The number of hydrogen-bond acceptors (Lipinski definition) is 4. The number of nitrogens with zero attached hydrogens (tertiary/aromatic N) is 2. The van der Waals surface area contributed by atoms with E-state index in [0.717, 1.165) is 66.6 Å². The van der Waals surface area contributed by atoms with Crippen molar-refractivity contribution in [2.24, 2.45) is 0 Å². The minimum atomic E-state index is 0.865. The summed E-state index contributed by atoms with van der Waals surface area (Å²) >= 11 is 1.71. The van der Waals surface area contributed by atoms with Gasteiger partial charge in [-0.2, -0.15) is 0 Å². The average molecular weight is 693 g/mol. The monoisotopic (exact) mass is 692 g/mol. The van der Waals surface area contributed by atoms with Crippen LogP contribution >= 0.6 is 11.3 Å². The molecule has 246 valence electrons. The molecule has 12 rings (SSSR count). The largest absolute Gasteiger partial charge is 0.456 e. The summed E-state index contributed by atoms with van der Waals surface area (Å²) in [7, 11) is 0. The number of hydrogen-bond donors (Lipinski definition) is 0. The number of fused-ring (bicyclic) bond motifs is 13. The Balaban J connectivity index is 1.08. The molecule has 2 aliphatic carbocycles. The molecule has 0 saturated carbocycles. The highest BCUT2D eigenvalue weighted by atomic mass is 32.1. The third-order valence-corrected chi connectivity index (χ3v) is 12.2. The van der Waals surface area contributed by atoms with E-state index in [1.807, 2.05) is 12.1 Å². The molecule has 0 fully saturated rings. The van der Waals surface area contributed by atoms with Gasteiger partial charge < -0.3 is 4.42 Å². The Labute approximate surface area is 308 Å². The fourth-order valence-corrected chi connectivity index (χ4v) is 9.62. The molecule has 3 aromatic heterocycles. The van der Waals surface area contributed by atoms with E-state index in [9.17, 15) is 0 Å². The molecule has 0 aliphatic heterocycles. The fourth-order valence-electron chi connectivity index (χ4n) is 8.60. The maximum atomic E-state index is 6.36. The van der Waals surface area contributed by atoms with E-state index in [1.165, 1.54) is 60.0 Å². The Kier molecular flexibility index (Phi) is 5.99. The molecule has 2 bridgehead atoms. The van der Waals surface area contributed by atoms with Crippen molar-refractivity contribution in [2.75, 3.05) is 0 Å². The summed E-state index contributed by atoms with van der Waals surface area (Å²) in [5.41, 5.74) is 16.8. The van der Waals surface area contributed by atoms with Crippen LogP contribution in [0, 0.1) is 0 Å². The molecule has 7 aromatic carbocycles. The van der Waals surface area contributed by atoms with Crippen LogP contribution in [0.2, 0.25) is 0 Å². The van der Waals surface area contributed by atoms with Gasteiger partial charge in [0.05, 0.1) is 11.4 Å². The first-order chi connectivity index (χ1) is 26.2. The lowest BCUT2D eigenvalue weighted by atomic mass is 9.79.